The van der Waals surface area contributed by atoms with Crippen molar-refractivity contribution in [2.75, 3.05) is 7.11 Å². The highest BCUT2D eigenvalue weighted by molar-refractivity contribution is 5.80. The van der Waals surface area contributed by atoms with Crippen molar-refractivity contribution >= 4 is 5.97 Å². The summed E-state index contributed by atoms with van der Waals surface area (Å²) in [5.74, 6) is 0.577. The Kier molecular flexibility index (Phi) is 7.44. The largest absolute Gasteiger partial charge is 0.468 e. The van der Waals surface area contributed by atoms with E-state index in [1.54, 1.807) is 0 Å². The topological polar surface area (TPSA) is 38.3 Å². The van der Waals surface area contributed by atoms with Crippen molar-refractivity contribution in [3.8, 4) is 0 Å². The Bertz CT molecular complexity index is 226. The van der Waals surface area contributed by atoms with E-state index in [4.69, 9.17) is 4.74 Å². The first kappa shape index (κ1) is 16.4. The molecule has 0 saturated carbocycles. The monoisotopic (exact) mass is 243 g/mol. The molecule has 102 valence electrons. The van der Waals surface area contributed by atoms with E-state index in [1.807, 2.05) is 6.92 Å². The molecule has 0 saturated heterocycles. The fourth-order valence-electron chi connectivity index (χ4n) is 2.13. The number of hydrogen-bond donors (Lipinski definition) is 1. The Morgan fingerprint density at radius 3 is 2.24 bits per heavy atom. The number of carbonyl (C=O) groups excluding carboxylic acids is 1. The summed E-state index contributed by atoms with van der Waals surface area (Å²) in [5, 5.41) is 3.32. The average Bonchev–Trinajstić information content (AvgIpc) is 2.22. The van der Waals surface area contributed by atoms with Crippen molar-refractivity contribution in [3.05, 3.63) is 0 Å². The molecule has 0 radical (unpaired) electrons. The molecule has 0 aliphatic carbocycles. The maximum atomic E-state index is 11.8. The molecule has 0 bridgehead atoms. The van der Waals surface area contributed by atoms with Gasteiger partial charge in [-0.1, -0.05) is 33.1 Å². The second-order valence-electron chi connectivity index (χ2n) is 5.76. The first-order valence-corrected chi connectivity index (χ1v) is 6.68. The summed E-state index contributed by atoms with van der Waals surface area (Å²) in [5.41, 5.74) is -0.542. The normalized spacial score (nSPS) is 15.1. The van der Waals surface area contributed by atoms with Gasteiger partial charge < -0.3 is 4.74 Å². The number of esters is 1. The van der Waals surface area contributed by atoms with Gasteiger partial charge in [-0.2, -0.15) is 0 Å². The molecule has 17 heavy (non-hydrogen) atoms. The van der Waals surface area contributed by atoms with E-state index in [0.29, 0.717) is 0 Å². The Morgan fingerprint density at radius 2 is 1.82 bits per heavy atom. The molecular formula is C14H29NO2. The quantitative estimate of drug-likeness (QED) is 0.526. The molecule has 0 aromatic heterocycles. The van der Waals surface area contributed by atoms with E-state index < -0.39 is 5.54 Å². The SMILES string of the molecule is COC(=O)[C@@](C)(CCCCC(C)C)NC(C)C. The summed E-state index contributed by atoms with van der Waals surface area (Å²) in [6.45, 7) is 10.5. The standard InChI is InChI=1S/C14H29NO2/c1-11(2)9-7-8-10-14(5,13(16)17-6)15-12(3)4/h11-12,15H,7-10H2,1-6H3/t14-/m1/s1. The lowest BCUT2D eigenvalue weighted by molar-refractivity contribution is -0.148. The molecule has 0 aliphatic rings. The zero-order valence-electron chi connectivity index (χ0n) is 12.3. The van der Waals surface area contributed by atoms with Crippen LogP contribution in [0.4, 0.5) is 0 Å². The fourth-order valence-corrected chi connectivity index (χ4v) is 2.13. The Morgan fingerprint density at radius 1 is 1.24 bits per heavy atom. The number of methoxy groups -OCH3 is 1. The van der Waals surface area contributed by atoms with Crippen LogP contribution in [0.1, 0.15) is 60.3 Å². The first-order valence-electron chi connectivity index (χ1n) is 6.68. The lowest BCUT2D eigenvalue weighted by atomic mass is 9.92. The molecule has 3 heteroatoms. The van der Waals surface area contributed by atoms with Crippen LogP contribution in [0.5, 0.6) is 0 Å². The van der Waals surface area contributed by atoms with Crippen LogP contribution < -0.4 is 5.32 Å². The van der Waals surface area contributed by atoms with E-state index in [-0.39, 0.29) is 12.0 Å². The highest BCUT2D eigenvalue weighted by atomic mass is 16.5. The number of hydrogen-bond acceptors (Lipinski definition) is 3. The number of rotatable bonds is 8. The predicted molar refractivity (Wildman–Crippen MR) is 72.0 cm³/mol. The number of nitrogens with one attached hydrogen (secondary N) is 1. The van der Waals surface area contributed by atoms with Crippen LogP contribution in [0.2, 0.25) is 0 Å². The van der Waals surface area contributed by atoms with E-state index in [9.17, 15) is 4.79 Å². The summed E-state index contributed by atoms with van der Waals surface area (Å²) in [7, 11) is 1.46. The Hall–Kier alpha value is -0.570. The minimum absolute atomic E-state index is 0.157. The fraction of sp³-hybridized carbons (Fsp3) is 0.929. The molecule has 0 aromatic carbocycles. The molecule has 0 aliphatic heterocycles. The summed E-state index contributed by atoms with van der Waals surface area (Å²) >= 11 is 0. The molecule has 0 amide bonds. The third-order valence-electron chi connectivity index (χ3n) is 2.95. The molecule has 0 fully saturated rings. The van der Waals surface area contributed by atoms with Gasteiger partial charge in [0.25, 0.3) is 0 Å². The van der Waals surface area contributed by atoms with Crippen molar-refractivity contribution < 1.29 is 9.53 Å². The minimum atomic E-state index is -0.542. The van der Waals surface area contributed by atoms with Gasteiger partial charge in [0.1, 0.15) is 5.54 Å². The molecule has 0 unspecified atom stereocenters. The first-order chi connectivity index (χ1) is 7.81. The van der Waals surface area contributed by atoms with Crippen LogP contribution in [-0.4, -0.2) is 24.7 Å². The van der Waals surface area contributed by atoms with Gasteiger partial charge in [0.15, 0.2) is 0 Å². The van der Waals surface area contributed by atoms with Gasteiger partial charge in [-0.25, -0.2) is 0 Å². The second kappa shape index (κ2) is 7.70. The average molecular weight is 243 g/mol. The van der Waals surface area contributed by atoms with Gasteiger partial charge in [-0.15, -0.1) is 0 Å². The molecule has 0 heterocycles. The molecule has 3 nitrogen and oxygen atoms in total. The van der Waals surface area contributed by atoms with E-state index in [0.717, 1.165) is 18.8 Å². The van der Waals surface area contributed by atoms with Crippen molar-refractivity contribution in [1.82, 2.24) is 5.32 Å². The van der Waals surface area contributed by atoms with Crippen LogP contribution in [-0.2, 0) is 9.53 Å². The van der Waals surface area contributed by atoms with E-state index in [2.05, 4.69) is 33.0 Å². The number of unbranched alkanes of at least 4 members (excludes halogenated alkanes) is 1. The Balaban J connectivity index is 4.24. The molecule has 0 spiro atoms. The molecule has 1 atom stereocenters. The van der Waals surface area contributed by atoms with Gasteiger partial charge >= 0.3 is 5.97 Å². The lowest BCUT2D eigenvalue weighted by Crippen LogP contribution is -2.52. The van der Waals surface area contributed by atoms with E-state index in [1.165, 1.54) is 20.0 Å². The third kappa shape index (κ3) is 6.67. The predicted octanol–water partition coefficient (Wildman–Crippen LogP) is 3.13. The van der Waals surface area contributed by atoms with Crippen molar-refractivity contribution in [3.63, 3.8) is 0 Å². The highest BCUT2D eigenvalue weighted by Gasteiger charge is 2.33. The van der Waals surface area contributed by atoms with E-state index >= 15 is 0 Å². The van der Waals surface area contributed by atoms with Gasteiger partial charge in [0.2, 0.25) is 0 Å². The van der Waals surface area contributed by atoms with Gasteiger partial charge in [-0.05, 0) is 33.1 Å². The van der Waals surface area contributed by atoms with Crippen molar-refractivity contribution in [1.29, 1.82) is 0 Å². The summed E-state index contributed by atoms with van der Waals surface area (Å²) < 4.78 is 4.89. The summed E-state index contributed by atoms with van der Waals surface area (Å²) in [6, 6.07) is 0.282. The maximum absolute atomic E-state index is 11.8. The van der Waals surface area contributed by atoms with Crippen LogP contribution >= 0.6 is 0 Å². The minimum Gasteiger partial charge on any atom is -0.468 e. The summed E-state index contributed by atoms with van der Waals surface area (Å²) in [6.07, 6.45) is 4.29. The molecule has 1 N–H and O–H groups in total. The second-order valence-corrected chi connectivity index (χ2v) is 5.76. The van der Waals surface area contributed by atoms with Crippen molar-refractivity contribution in [2.24, 2.45) is 5.92 Å². The highest BCUT2D eigenvalue weighted by Crippen LogP contribution is 2.19. The van der Waals surface area contributed by atoms with Crippen LogP contribution in [0, 0.1) is 5.92 Å². The number of ether oxygens (including phenoxy) is 1. The zero-order valence-corrected chi connectivity index (χ0v) is 12.3. The molecular weight excluding hydrogens is 214 g/mol. The van der Waals surface area contributed by atoms with Crippen LogP contribution in [0.3, 0.4) is 0 Å². The third-order valence-corrected chi connectivity index (χ3v) is 2.95. The Labute approximate surface area is 106 Å². The van der Waals surface area contributed by atoms with Crippen molar-refractivity contribution in [2.45, 2.75) is 71.9 Å². The lowest BCUT2D eigenvalue weighted by Gasteiger charge is -2.30. The van der Waals surface area contributed by atoms with Gasteiger partial charge in [0.05, 0.1) is 7.11 Å². The smallest absolute Gasteiger partial charge is 0.325 e. The van der Waals surface area contributed by atoms with Crippen LogP contribution in [0.25, 0.3) is 0 Å². The van der Waals surface area contributed by atoms with Gasteiger partial charge in [0, 0.05) is 6.04 Å². The summed E-state index contributed by atoms with van der Waals surface area (Å²) in [4.78, 5) is 11.8. The molecule has 0 aromatic rings. The zero-order chi connectivity index (χ0) is 13.5. The maximum Gasteiger partial charge on any atom is 0.325 e. The molecule has 0 rings (SSSR count). The van der Waals surface area contributed by atoms with Gasteiger partial charge in [-0.3, -0.25) is 10.1 Å². The van der Waals surface area contributed by atoms with Crippen LogP contribution in [0.15, 0.2) is 0 Å². The number of carbonyl (C=O) groups is 1.